The SMILES string of the molecule is CCCc1nc(CS)[nH]c1C. The summed E-state index contributed by atoms with van der Waals surface area (Å²) in [7, 11) is 0. The predicted molar refractivity (Wildman–Crippen MR) is 50.0 cm³/mol. The number of nitrogens with one attached hydrogen (secondary N) is 1. The smallest absolute Gasteiger partial charge is 0.116 e. The molecule has 1 heterocycles. The molecule has 1 rings (SSSR count). The molecule has 1 N–H and O–H groups in total. The van der Waals surface area contributed by atoms with Crippen molar-refractivity contribution >= 4 is 12.6 Å². The van der Waals surface area contributed by atoms with Gasteiger partial charge in [-0.1, -0.05) is 13.3 Å². The molecule has 1 aromatic heterocycles. The van der Waals surface area contributed by atoms with Gasteiger partial charge in [0.1, 0.15) is 5.82 Å². The first-order valence-corrected chi connectivity index (χ1v) is 4.56. The highest BCUT2D eigenvalue weighted by Crippen LogP contribution is 2.08. The first kappa shape index (κ1) is 8.65. The van der Waals surface area contributed by atoms with Crippen molar-refractivity contribution in [1.82, 2.24) is 9.97 Å². The quantitative estimate of drug-likeness (QED) is 0.668. The second-order valence-corrected chi connectivity index (χ2v) is 2.98. The van der Waals surface area contributed by atoms with Gasteiger partial charge in [0.15, 0.2) is 0 Å². The monoisotopic (exact) mass is 170 g/mol. The van der Waals surface area contributed by atoms with E-state index in [0.29, 0.717) is 5.75 Å². The number of imidazole rings is 1. The lowest BCUT2D eigenvalue weighted by atomic mass is 10.2. The van der Waals surface area contributed by atoms with E-state index in [1.807, 2.05) is 0 Å². The van der Waals surface area contributed by atoms with E-state index in [1.165, 1.54) is 11.4 Å². The van der Waals surface area contributed by atoms with Gasteiger partial charge in [0.2, 0.25) is 0 Å². The lowest BCUT2D eigenvalue weighted by Crippen LogP contribution is -1.86. The highest BCUT2D eigenvalue weighted by Gasteiger charge is 2.02. The minimum absolute atomic E-state index is 0.699. The van der Waals surface area contributed by atoms with Crippen molar-refractivity contribution in [2.75, 3.05) is 0 Å². The summed E-state index contributed by atoms with van der Waals surface area (Å²) >= 11 is 4.15. The van der Waals surface area contributed by atoms with Gasteiger partial charge in [-0.2, -0.15) is 12.6 Å². The third-order valence-corrected chi connectivity index (χ3v) is 1.97. The second kappa shape index (κ2) is 3.81. The van der Waals surface area contributed by atoms with Crippen molar-refractivity contribution in [2.45, 2.75) is 32.4 Å². The Hall–Kier alpha value is -0.440. The average molecular weight is 170 g/mol. The number of thiol groups is 1. The zero-order chi connectivity index (χ0) is 8.27. The van der Waals surface area contributed by atoms with E-state index < -0.39 is 0 Å². The summed E-state index contributed by atoms with van der Waals surface area (Å²) in [6, 6.07) is 0. The number of hydrogen-bond donors (Lipinski definition) is 2. The summed E-state index contributed by atoms with van der Waals surface area (Å²) in [6.07, 6.45) is 2.22. The first-order valence-electron chi connectivity index (χ1n) is 3.93. The fourth-order valence-electron chi connectivity index (χ4n) is 1.12. The van der Waals surface area contributed by atoms with Crippen LogP contribution in [0.3, 0.4) is 0 Å². The number of nitrogens with zero attached hydrogens (tertiary/aromatic N) is 1. The fraction of sp³-hybridized carbons (Fsp3) is 0.625. The maximum absolute atomic E-state index is 4.39. The number of rotatable bonds is 3. The van der Waals surface area contributed by atoms with E-state index in [9.17, 15) is 0 Å². The van der Waals surface area contributed by atoms with Crippen LogP contribution in [0, 0.1) is 6.92 Å². The van der Waals surface area contributed by atoms with Crippen molar-refractivity contribution in [3.63, 3.8) is 0 Å². The van der Waals surface area contributed by atoms with Gasteiger partial charge in [-0.3, -0.25) is 0 Å². The van der Waals surface area contributed by atoms with E-state index in [0.717, 1.165) is 18.7 Å². The average Bonchev–Trinajstić information content (AvgIpc) is 2.33. The number of aromatic nitrogens is 2. The zero-order valence-corrected chi connectivity index (χ0v) is 7.91. The molecule has 62 valence electrons. The van der Waals surface area contributed by atoms with Gasteiger partial charge in [0.05, 0.1) is 5.69 Å². The van der Waals surface area contributed by atoms with Gasteiger partial charge in [0, 0.05) is 11.4 Å². The van der Waals surface area contributed by atoms with Gasteiger partial charge in [-0.15, -0.1) is 0 Å². The summed E-state index contributed by atoms with van der Waals surface area (Å²) in [5.74, 6) is 1.68. The number of H-pyrrole nitrogens is 1. The molecule has 0 unspecified atom stereocenters. The van der Waals surface area contributed by atoms with Crippen LogP contribution < -0.4 is 0 Å². The molecular formula is C8H14N2S. The molecule has 0 fully saturated rings. The lowest BCUT2D eigenvalue weighted by molar-refractivity contribution is 0.879. The Labute approximate surface area is 72.8 Å². The number of aromatic amines is 1. The molecule has 0 amide bonds. The Morgan fingerprint density at radius 3 is 2.73 bits per heavy atom. The lowest BCUT2D eigenvalue weighted by Gasteiger charge is -1.90. The van der Waals surface area contributed by atoms with Crippen LogP contribution in [0.1, 0.15) is 30.6 Å². The van der Waals surface area contributed by atoms with E-state index in [1.54, 1.807) is 0 Å². The van der Waals surface area contributed by atoms with Crippen molar-refractivity contribution < 1.29 is 0 Å². The molecule has 0 spiro atoms. The molecule has 0 radical (unpaired) electrons. The molecular weight excluding hydrogens is 156 g/mol. The topological polar surface area (TPSA) is 28.7 Å². The van der Waals surface area contributed by atoms with Gasteiger partial charge in [-0.25, -0.2) is 4.98 Å². The van der Waals surface area contributed by atoms with Crippen LogP contribution in [-0.2, 0) is 12.2 Å². The fourth-order valence-corrected chi connectivity index (χ4v) is 1.27. The molecule has 0 atom stereocenters. The summed E-state index contributed by atoms with van der Waals surface area (Å²) in [5.41, 5.74) is 2.38. The summed E-state index contributed by atoms with van der Waals surface area (Å²) < 4.78 is 0. The van der Waals surface area contributed by atoms with Gasteiger partial charge in [0.25, 0.3) is 0 Å². The standard InChI is InChI=1S/C8H14N2S/c1-3-4-7-6(2)9-8(5-11)10-7/h11H,3-5H2,1-2H3,(H,9,10). The van der Waals surface area contributed by atoms with Crippen LogP contribution in [0.5, 0.6) is 0 Å². The van der Waals surface area contributed by atoms with E-state index in [2.05, 4.69) is 36.4 Å². The van der Waals surface area contributed by atoms with Crippen LogP contribution in [0.25, 0.3) is 0 Å². The third-order valence-electron chi connectivity index (χ3n) is 1.67. The maximum atomic E-state index is 4.39. The molecule has 0 aromatic carbocycles. The van der Waals surface area contributed by atoms with E-state index >= 15 is 0 Å². The number of aryl methyl sites for hydroxylation is 2. The van der Waals surface area contributed by atoms with Crippen LogP contribution in [0.2, 0.25) is 0 Å². The predicted octanol–water partition coefficient (Wildman–Crippen LogP) is 2.10. The molecule has 1 aromatic rings. The van der Waals surface area contributed by atoms with E-state index in [4.69, 9.17) is 0 Å². The Bertz CT molecular complexity index is 230. The van der Waals surface area contributed by atoms with Gasteiger partial charge >= 0.3 is 0 Å². The van der Waals surface area contributed by atoms with Crippen molar-refractivity contribution in [1.29, 1.82) is 0 Å². The summed E-state index contributed by atoms with van der Waals surface area (Å²) in [4.78, 5) is 7.58. The third kappa shape index (κ3) is 1.99. The van der Waals surface area contributed by atoms with Crippen LogP contribution >= 0.6 is 12.6 Å². The molecule has 2 nitrogen and oxygen atoms in total. The summed E-state index contributed by atoms with van der Waals surface area (Å²) in [5, 5.41) is 0. The molecule has 0 aliphatic carbocycles. The minimum atomic E-state index is 0.699. The Balaban J connectivity index is 2.79. The van der Waals surface area contributed by atoms with Crippen LogP contribution in [0.15, 0.2) is 0 Å². The first-order chi connectivity index (χ1) is 5.27. The highest BCUT2D eigenvalue weighted by atomic mass is 32.1. The largest absolute Gasteiger partial charge is 0.345 e. The molecule has 0 bridgehead atoms. The normalized spacial score (nSPS) is 10.5. The van der Waals surface area contributed by atoms with Gasteiger partial charge in [-0.05, 0) is 13.3 Å². The molecule has 0 saturated heterocycles. The molecule has 3 heteroatoms. The molecule has 0 aliphatic heterocycles. The Kier molecular flexibility index (Phi) is 3.00. The maximum Gasteiger partial charge on any atom is 0.116 e. The van der Waals surface area contributed by atoms with E-state index in [-0.39, 0.29) is 0 Å². The summed E-state index contributed by atoms with van der Waals surface area (Å²) in [6.45, 7) is 4.22. The van der Waals surface area contributed by atoms with Crippen molar-refractivity contribution in [3.05, 3.63) is 17.2 Å². The highest BCUT2D eigenvalue weighted by molar-refractivity contribution is 7.79. The van der Waals surface area contributed by atoms with Crippen LogP contribution in [0.4, 0.5) is 0 Å². The molecule has 11 heavy (non-hydrogen) atoms. The van der Waals surface area contributed by atoms with Crippen molar-refractivity contribution in [3.8, 4) is 0 Å². The Morgan fingerprint density at radius 2 is 2.27 bits per heavy atom. The van der Waals surface area contributed by atoms with Gasteiger partial charge < -0.3 is 4.98 Å². The Morgan fingerprint density at radius 1 is 1.55 bits per heavy atom. The molecule has 0 saturated carbocycles. The second-order valence-electron chi connectivity index (χ2n) is 2.66. The zero-order valence-electron chi connectivity index (χ0n) is 7.02. The van der Waals surface area contributed by atoms with Crippen LogP contribution in [-0.4, -0.2) is 9.97 Å². The minimum Gasteiger partial charge on any atom is -0.345 e. The number of hydrogen-bond acceptors (Lipinski definition) is 2. The van der Waals surface area contributed by atoms with Crippen molar-refractivity contribution in [2.24, 2.45) is 0 Å². The molecule has 0 aliphatic rings.